The summed E-state index contributed by atoms with van der Waals surface area (Å²) in [4.78, 5) is 0. The van der Waals surface area contributed by atoms with Gasteiger partial charge in [-0.3, -0.25) is 0 Å². The van der Waals surface area contributed by atoms with Gasteiger partial charge in [0.15, 0.2) is 6.29 Å². The maximum atomic E-state index is 9.73. The van der Waals surface area contributed by atoms with Crippen LogP contribution in [-0.4, -0.2) is 30.4 Å². The third-order valence-corrected chi connectivity index (χ3v) is 3.15. The molecule has 3 atom stereocenters. The molecule has 0 aromatic heterocycles. The van der Waals surface area contributed by atoms with E-state index in [0.717, 1.165) is 25.1 Å². The fraction of sp³-hybridized carbons (Fsp3) is 0.500. The number of aromatic hydroxyl groups is 1. The summed E-state index contributed by atoms with van der Waals surface area (Å²) < 4.78 is 11.6. The van der Waals surface area contributed by atoms with Crippen LogP contribution in [0.15, 0.2) is 24.3 Å². The number of fused-ring (bicyclic) bond motifs is 1. The number of nitrogens with one attached hydrogen (secondary N) is 1. The lowest BCUT2D eigenvalue weighted by Gasteiger charge is -2.22. The van der Waals surface area contributed by atoms with Gasteiger partial charge in [0.1, 0.15) is 5.75 Å². The molecule has 1 aromatic carbocycles. The number of piperidine rings is 1. The van der Waals surface area contributed by atoms with E-state index in [9.17, 15) is 5.11 Å². The Bertz CT molecular complexity index is 368. The zero-order chi connectivity index (χ0) is 11.0. The smallest absolute Gasteiger partial charge is 0.188 e. The highest BCUT2D eigenvalue weighted by molar-refractivity contribution is 5.33. The molecule has 0 amide bonds. The molecule has 0 radical (unpaired) electrons. The fourth-order valence-corrected chi connectivity index (χ4v) is 2.28. The molecule has 0 spiro atoms. The van der Waals surface area contributed by atoms with Crippen LogP contribution in [0.2, 0.25) is 0 Å². The van der Waals surface area contributed by atoms with E-state index in [1.807, 2.05) is 12.1 Å². The zero-order valence-corrected chi connectivity index (χ0v) is 8.93. The maximum absolute atomic E-state index is 9.73. The normalized spacial score (nSPS) is 33.6. The number of ether oxygens (including phenoxy) is 2. The molecule has 2 fully saturated rings. The van der Waals surface area contributed by atoms with E-state index in [1.54, 1.807) is 12.1 Å². The van der Waals surface area contributed by atoms with Gasteiger partial charge in [0.05, 0.1) is 12.2 Å². The lowest BCUT2D eigenvalue weighted by atomic mass is 10.1. The van der Waals surface area contributed by atoms with Crippen LogP contribution in [0.25, 0.3) is 0 Å². The minimum Gasteiger partial charge on any atom is -0.507 e. The number of hydrogen-bond donors (Lipinski definition) is 2. The molecule has 3 rings (SSSR count). The van der Waals surface area contributed by atoms with Crippen LogP contribution in [0.4, 0.5) is 0 Å². The van der Waals surface area contributed by atoms with Crippen LogP contribution < -0.4 is 5.32 Å². The summed E-state index contributed by atoms with van der Waals surface area (Å²) in [7, 11) is 0. The molecule has 2 N–H and O–H groups in total. The first-order valence-electron chi connectivity index (χ1n) is 5.64. The molecule has 1 aromatic rings. The molecule has 0 bridgehead atoms. The highest BCUT2D eigenvalue weighted by Crippen LogP contribution is 2.36. The van der Waals surface area contributed by atoms with E-state index in [1.165, 1.54) is 0 Å². The second-order valence-corrected chi connectivity index (χ2v) is 4.23. The van der Waals surface area contributed by atoms with Crippen LogP contribution in [0.1, 0.15) is 18.3 Å². The Hall–Kier alpha value is -1.10. The molecule has 2 aliphatic heterocycles. The Balaban J connectivity index is 1.80. The van der Waals surface area contributed by atoms with Crippen molar-refractivity contribution in [3.8, 4) is 5.75 Å². The van der Waals surface area contributed by atoms with Crippen molar-refractivity contribution in [1.29, 1.82) is 0 Å². The van der Waals surface area contributed by atoms with Crippen molar-refractivity contribution in [2.45, 2.75) is 24.9 Å². The van der Waals surface area contributed by atoms with Crippen molar-refractivity contribution in [2.24, 2.45) is 0 Å². The van der Waals surface area contributed by atoms with E-state index in [4.69, 9.17) is 9.47 Å². The van der Waals surface area contributed by atoms with Crippen molar-refractivity contribution >= 4 is 0 Å². The minimum absolute atomic E-state index is 0.110. The van der Waals surface area contributed by atoms with Gasteiger partial charge in [-0.05, 0) is 19.0 Å². The average Bonchev–Trinajstić information content (AvgIpc) is 2.73. The first kappa shape index (κ1) is 10.1. The Morgan fingerprint density at radius 1 is 1.19 bits per heavy atom. The van der Waals surface area contributed by atoms with Crippen LogP contribution >= 0.6 is 0 Å². The SMILES string of the molecule is Oc1ccccc1C1OC2CCNCC2O1. The van der Waals surface area contributed by atoms with E-state index >= 15 is 0 Å². The van der Waals surface area contributed by atoms with Crippen LogP contribution in [-0.2, 0) is 9.47 Å². The zero-order valence-electron chi connectivity index (χ0n) is 8.93. The molecule has 16 heavy (non-hydrogen) atoms. The molecule has 3 unspecified atom stereocenters. The van der Waals surface area contributed by atoms with Gasteiger partial charge in [-0.25, -0.2) is 0 Å². The van der Waals surface area contributed by atoms with E-state index in [0.29, 0.717) is 0 Å². The molecule has 2 heterocycles. The number of phenolic OH excluding ortho intramolecular Hbond substituents is 1. The summed E-state index contributed by atoms with van der Waals surface area (Å²) >= 11 is 0. The van der Waals surface area contributed by atoms with Crippen molar-refractivity contribution in [3.63, 3.8) is 0 Å². The van der Waals surface area contributed by atoms with Gasteiger partial charge in [-0.2, -0.15) is 0 Å². The van der Waals surface area contributed by atoms with Gasteiger partial charge in [0.25, 0.3) is 0 Å². The van der Waals surface area contributed by atoms with Gasteiger partial charge < -0.3 is 19.9 Å². The predicted octanol–water partition coefficient (Wildman–Crippen LogP) is 1.17. The second-order valence-electron chi connectivity index (χ2n) is 4.23. The first-order chi connectivity index (χ1) is 7.84. The van der Waals surface area contributed by atoms with Crippen molar-refractivity contribution in [2.75, 3.05) is 13.1 Å². The number of para-hydroxylation sites is 1. The predicted molar refractivity (Wildman–Crippen MR) is 58.1 cm³/mol. The molecule has 0 saturated carbocycles. The highest BCUT2D eigenvalue weighted by Gasteiger charge is 2.38. The number of phenols is 1. The lowest BCUT2D eigenvalue weighted by molar-refractivity contribution is -0.0680. The minimum atomic E-state index is -0.420. The van der Waals surface area contributed by atoms with Crippen LogP contribution in [0.3, 0.4) is 0 Å². The molecular formula is C12H15NO3. The van der Waals surface area contributed by atoms with E-state index in [2.05, 4.69) is 5.32 Å². The number of benzene rings is 1. The van der Waals surface area contributed by atoms with Gasteiger partial charge in [-0.15, -0.1) is 0 Å². The Kier molecular flexibility index (Phi) is 2.55. The summed E-state index contributed by atoms with van der Waals surface area (Å²) in [5, 5.41) is 13.0. The molecule has 0 aliphatic carbocycles. The molecule has 2 aliphatic rings. The third-order valence-electron chi connectivity index (χ3n) is 3.15. The van der Waals surface area contributed by atoms with Crippen molar-refractivity contribution in [1.82, 2.24) is 5.32 Å². The summed E-state index contributed by atoms with van der Waals surface area (Å²) in [6.45, 7) is 1.80. The summed E-state index contributed by atoms with van der Waals surface area (Å²) in [6.07, 6.45) is 0.815. The van der Waals surface area contributed by atoms with Crippen molar-refractivity contribution in [3.05, 3.63) is 29.8 Å². The molecule has 4 heteroatoms. The fourth-order valence-electron chi connectivity index (χ4n) is 2.28. The molecule has 86 valence electrons. The van der Waals surface area contributed by atoms with E-state index in [-0.39, 0.29) is 18.0 Å². The van der Waals surface area contributed by atoms with Crippen molar-refractivity contribution < 1.29 is 14.6 Å². The third kappa shape index (κ3) is 1.69. The summed E-state index contributed by atoms with van der Waals surface area (Å²) in [5.74, 6) is 0.235. The van der Waals surface area contributed by atoms with Gasteiger partial charge >= 0.3 is 0 Å². The highest BCUT2D eigenvalue weighted by atomic mass is 16.7. The number of rotatable bonds is 1. The van der Waals surface area contributed by atoms with Gasteiger partial charge in [-0.1, -0.05) is 18.2 Å². The Morgan fingerprint density at radius 2 is 2.00 bits per heavy atom. The molecule has 2 saturated heterocycles. The Morgan fingerprint density at radius 3 is 2.81 bits per heavy atom. The maximum Gasteiger partial charge on any atom is 0.188 e. The topological polar surface area (TPSA) is 50.7 Å². The lowest BCUT2D eigenvalue weighted by Crippen LogP contribution is -2.41. The van der Waals surface area contributed by atoms with Crippen LogP contribution in [0, 0.1) is 0 Å². The summed E-state index contributed by atoms with van der Waals surface area (Å²) in [6, 6.07) is 7.16. The average molecular weight is 221 g/mol. The molecular weight excluding hydrogens is 206 g/mol. The van der Waals surface area contributed by atoms with E-state index < -0.39 is 6.29 Å². The summed E-state index contributed by atoms with van der Waals surface area (Å²) in [5.41, 5.74) is 0.719. The van der Waals surface area contributed by atoms with Gasteiger partial charge in [0, 0.05) is 12.1 Å². The quantitative estimate of drug-likeness (QED) is 0.747. The molecule has 4 nitrogen and oxygen atoms in total. The Labute approximate surface area is 94.2 Å². The number of hydrogen-bond acceptors (Lipinski definition) is 4. The largest absolute Gasteiger partial charge is 0.507 e. The second kappa shape index (κ2) is 4.05. The first-order valence-corrected chi connectivity index (χ1v) is 5.64. The van der Waals surface area contributed by atoms with Gasteiger partial charge in [0.2, 0.25) is 0 Å². The standard InChI is InChI=1S/C12H15NO3/c14-9-4-2-1-3-8(9)12-15-10-5-6-13-7-11(10)16-12/h1-4,10-14H,5-7H2. The van der Waals surface area contributed by atoms with Crippen LogP contribution in [0.5, 0.6) is 5.75 Å². The monoisotopic (exact) mass is 221 g/mol.